The van der Waals surface area contributed by atoms with Crippen LogP contribution in [0.25, 0.3) is 0 Å². The Hall–Kier alpha value is -2.24. The Kier molecular flexibility index (Phi) is 7.44. The van der Waals surface area contributed by atoms with Crippen LogP contribution in [0.1, 0.15) is 45.0 Å². The van der Waals surface area contributed by atoms with E-state index in [0.717, 1.165) is 28.0 Å². The molecule has 0 radical (unpaired) electrons. The highest BCUT2D eigenvalue weighted by Crippen LogP contribution is 2.39. The highest BCUT2D eigenvalue weighted by molar-refractivity contribution is 7.12. The van der Waals surface area contributed by atoms with Gasteiger partial charge in [-0.1, -0.05) is 0 Å². The smallest absolute Gasteiger partial charge is 0.410 e. The molecule has 10 heteroatoms. The highest BCUT2D eigenvalue weighted by atomic mass is 32.1. The van der Waals surface area contributed by atoms with Crippen molar-refractivity contribution in [3.8, 4) is 5.75 Å². The van der Waals surface area contributed by atoms with Gasteiger partial charge >= 0.3 is 6.09 Å². The number of nitrogens with zero attached hydrogens (tertiary/aromatic N) is 1. The van der Waals surface area contributed by atoms with Crippen molar-refractivity contribution >= 4 is 17.4 Å². The highest BCUT2D eigenvalue weighted by Gasteiger charge is 2.46. The Morgan fingerprint density at radius 3 is 2.76 bits per heavy atom. The van der Waals surface area contributed by atoms with E-state index in [2.05, 4.69) is 6.07 Å². The first-order chi connectivity index (χ1) is 16.2. The number of thiophene rings is 1. The molecule has 0 bridgehead atoms. The molecule has 0 aliphatic carbocycles. The molecule has 34 heavy (non-hydrogen) atoms. The number of aryl methyl sites for hydroxylation is 1. The molecule has 1 amide bonds. The summed E-state index contributed by atoms with van der Waals surface area (Å²) in [4.78, 5) is 16.1. The lowest BCUT2D eigenvalue weighted by molar-refractivity contribution is -0.214. The topological polar surface area (TPSA) is 120 Å². The van der Waals surface area contributed by atoms with Crippen LogP contribution in [-0.4, -0.2) is 75.7 Å². The number of hydrogen-bond donors (Lipinski definition) is 4. The van der Waals surface area contributed by atoms with E-state index in [1.54, 1.807) is 35.3 Å². The van der Waals surface area contributed by atoms with Gasteiger partial charge in [-0.3, -0.25) is 0 Å². The van der Waals surface area contributed by atoms with E-state index in [0.29, 0.717) is 26.1 Å². The molecule has 1 aromatic carbocycles. The van der Waals surface area contributed by atoms with Crippen molar-refractivity contribution in [3.05, 3.63) is 50.2 Å². The fourth-order valence-electron chi connectivity index (χ4n) is 4.55. The number of benzene rings is 1. The Bertz CT molecular complexity index is 1040. The summed E-state index contributed by atoms with van der Waals surface area (Å²) in [6, 6.07) is 5.32. The maximum absolute atomic E-state index is 14.2. The second-order valence-corrected chi connectivity index (χ2v) is 9.97. The Labute approximate surface area is 201 Å². The van der Waals surface area contributed by atoms with Gasteiger partial charge in [0.25, 0.3) is 0 Å². The standard InChI is InChI=1S/C24H30FNO7S/c1-3-32-24(31)26-5-4-19-14(10-26)8-15(34-19)7-13-9-16(17(28)6-12(13)2)23-22(30)21(29)20(25)18(11-27)33-23/h6,8-9,18,20-23,27-30H,3-5,7,10-11H2,1-2H3/t18-,20-,21+,22-,23+/m1/s1. The predicted octanol–water partition coefficient (Wildman–Crippen LogP) is 2.36. The van der Waals surface area contributed by atoms with Crippen LogP contribution in [0.4, 0.5) is 9.18 Å². The summed E-state index contributed by atoms with van der Waals surface area (Å²) in [5.74, 6) is -0.137. The number of amides is 1. The molecule has 2 aliphatic heterocycles. The second-order valence-electron chi connectivity index (χ2n) is 8.75. The Morgan fingerprint density at radius 2 is 2.06 bits per heavy atom. The van der Waals surface area contributed by atoms with Gasteiger partial charge in [-0.25, -0.2) is 9.18 Å². The molecule has 186 valence electrons. The number of carbonyl (C=O) groups is 1. The fraction of sp³-hybridized carbons (Fsp3) is 0.542. The normalized spacial score (nSPS) is 26.9. The quantitative estimate of drug-likeness (QED) is 0.503. The lowest BCUT2D eigenvalue weighted by Crippen LogP contribution is -2.53. The van der Waals surface area contributed by atoms with Crippen LogP contribution < -0.4 is 0 Å². The molecule has 2 aromatic rings. The molecule has 4 rings (SSSR count). The fourth-order valence-corrected chi connectivity index (χ4v) is 5.74. The van der Waals surface area contributed by atoms with E-state index in [1.807, 2.05) is 6.92 Å². The number of ether oxygens (including phenoxy) is 2. The molecule has 1 aromatic heterocycles. The number of alkyl halides is 1. The molecule has 0 saturated carbocycles. The van der Waals surface area contributed by atoms with Crippen LogP contribution in [-0.2, 0) is 28.9 Å². The lowest BCUT2D eigenvalue weighted by Gasteiger charge is -2.39. The summed E-state index contributed by atoms with van der Waals surface area (Å²) in [7, 11) is 0. The Morgan fingerprint density at radius 1 is 1.29 bits per heavy atom. The molecular weight excluding hydrogens is 465 g/mol. The van der Waals surface area contributed by atoms with Gasteiger partial charge < -0.3 is 34.8 Å². The largest absolute Gasteiger partial charge is 0.508 e. The van der Waals surface area contributed by atoms with Crippen LogP contribution >= 0.6 is 11.3 Å². The number of aromatic hydroxyl groups is 1. The van der Waals surface area contributed by atoms with E-state index >= 15 is 0 Å². The van der Waals surface area contributed by atoms with Gasteiger partial charge in [-0.15, -0.1) is 11.3 Å². The summed E-state index contributed by atoms with van der Waals surface area (Å²) in [5, 5.41) is 40.5. The SMILES string of the molecule is CCOC(=O)N1CCc2sc(Cc3cc([C@@H]4O[C@H](CO)[C@@H](F)[C@H](O)[C@H]4O)c(O)cc3C)cc2C1. The number of halogens is 1. The number of rotatable bonds is 5. The van der Waals surface area contributed by atoms with E-state index in [1.165, 1.54) is 4.88 Å². The van der Waals surface area contributed by atoms with Crippen molar-refractivity contribution in [3.63, 3.8) is 0 Å². The zero-order chi connectivity index (χ0) is 24.6. The first-order valence-electron chi connectivity index (χ1n) is 11.3. The van der Waals surface area contributed by atoms with Crippen LogP contribution in [0.2, 0.25) is 0 Å². The van der Waals surface area contributed by atoms with Crippen molar-refractivity contribution < 1.29 is 39.1 Å². The number of aliphatic hydroxyl groups is 3. The summed E-state index contributed by atoms with van der Waals surface area (Å²) in [5.41, 5.74) is 3.02. The van der Waals surface area contributed by atoms with Crippen LogP contribution in [0.3, 0.4) is 0 Å². The number of hydrogen-bond acceptors (Lipinski definition) is 8. The average Bonchev–Trinajstić information content (AvgIpc) is 3.21. The summed E-state index contributed by atoms with van der Waals surface area (Å²) in [6.45, 7) is 4.41. The third kappa shape index (κ3) is 4.78. The molecule has 5 atom stereocenters. The van der Waals surface area contributed by atoms with Crippen LogP contribution in [0.15, 0.2) is 18.2 Å². The van der Waals surface area contributed by atoms with Gasteiger partial charge in [0.1, 0.15) is 30.2 Å². The lowest BCUT2D eigenvalue weighted by atomic mass is 9.89. The van der Waals surface area contributed by atoms with Gasteiger partial charge in [0.15, 0.2) is 6.17 Å². The maximum atomic E-state index is 14.2. The maximum Gasteiger partial charge on any atom is 0.410 e. The molecule has 1 saturated heterocycles. The van der Waals surface area contributed by atoms with Crippen molar-refractivity contribution in [1.29, 1.82) is 0 Å². The molecule has 0 unspecified atom stereocenters. The van der Waals surface area contributed by atoms with Crippen LogP contribution in [0.5, 0.6) is 5.75 Å². The van der Waals surface area contributed by atoms with Crippen LogP contribution in [0, 0.1) is 6.92 Å². The molecule has 1 fully saturated rings. The molecule has 8 nitrogen and oxygen atoms in total. The van der Waals surface area contributed by atoms with E-state index in [4.69, 9.17) is 9.47 Å². The zero-order valence-corrected chi connectivity index (χ0v) is 19.9. The molecule has 2 aliphatic rings. The van der Waals surface area contributed by atoms with Crippen molar-refractivity contribution in [2.24, 2.45) is 0 Å². The first kappa shape index (κ1) is 24.9. The minimum Gasteiger partial charge on any atom is -0.508 e. The van der Waals surface area contributed by atoms with Gasteiger partial charge in [0.05, 0.1) is 19.8 Å². The van der Waals surface area contributed by atoms with Crippen molar-refractivity contribution in [1.82, 2.24) is 4.90 Å². The minimum atomic E-state index is -1.94. The van der Waals surface area contributed by atoms with Gasteiger partial charge in [0.2, 0.25) is 0 Å². The van der Waals surface area contributed by atoms with Gasteiger partial charge in [-0.05, 0) is 55.2 Å². The van der Waals surface area contributed by atoms with E-state index < -0.39 is 37.2 Å². The van der Waals surface area contributed by atoms with E-state index in [-0.39, 0.29) is 17.4 Å². The minimum absolute atomic E-state index is 0.137. The van der Waals surface area contributed by atoms with Crippen molar-refractivity contribution in [2.75, 3.05) is 19.8 Å². The van der Waals surface area contributed by atoms with Gasteiger partial charge in [0, 0.05) is 28.3 Å². The first-order valence-corrected chi connectivity index (χ1v) is 12.2. The molecule has 3 heterocycles. The number of phenolic OH excluding ortho intramolecular Hbond substituents is 1. The average molecular weight is 496 g/mol. The van der Waals surface area contributed by atoms with E-state index in [9.17, 15) is 29.6 Å². The number of fused-ring (bicyclic) bond motifs is 1. The third-order valence-corrected chi connectivity index (χ3v) is 7.68. The summed E-state index contributed by atoms with van der Waals surface area (Å²) >= 11 is 1.67. The van der Waals surface area contributed by atoms with Gasteiger partial charge in [-0.2, -0.15) is 0 Å². The number of phenols is 1. The number of carbonyl (C=O) groups excluding carboxylic acids is 1. The predicted molar refractivity (Wildman–Crippen MR) is 123 cm³/mol. The number of aliphatic hydroxyl groups excluding tert-OH is 3. The van der Waals surface area contributed by atoms with Crippen molar-refractivity contribution in [2.45, 2.75) is 63.8 Å². The summed E-state index contributed by atoms with van der Waals surface area (Å²) < 4.78 is 24.8. The molecule has 0 spiro atoms. The zero-order valence-electron chi connectivity index (χ0n) is 19.1. The third-order valence-electron chi connectivity index (χ3n) is 6.44. The monoisotopic (exact) mass is 495 g/mol. The Balaban J connectivity index is 1.57. The molecule has 4 N–H and O–H groups in total. The molecular formula is C24H30FNO7S. The summed E-state index contributed by atoms with van der Waals surface area (Å²) in [6.07, 6.45) is -6.78. The second kappa shape index (κ2) is 10.2.